The van der Waals surface area contributed by atoms with Crippen LogP contribution in [0.1, 0.15) is 13.3 Å². The highest BCUT2D eigenvalue weighted by Crippen LogP contribution is 2.36. The number of hydrogen-bond donors (Lipinski definition) is 0. The molecule has 108 valence electrons. The average Bonchev–Trinajstić information content (AvgIpc) is 2.30. The van der Waals surface area contributed by atoms with Gasteiger partial charge in [-0.05, 0) is 19.1 Å². The fraction of sp³-hybridized carbons (Fsp3) is 0.455. The molecule has 19 heavy (non-hydrogen) atoms. The summed E-state index contributed by atoms with van der Waals surface area (Å²) in [5.74, 6) is 0.240. The van der Waals surface area contributed by atoms with Crippen molar-refractivity contribution in [2.24, 2.45) is 0 Å². The van der Waals surface area contributed by atoms with Crippen LogP contribution >= 0.6 is 33.9 Å². The predicted molar refractivity (Wildman–Crippen MR) is 76.1 cm³/mol. The van der Waals surface area contributed by atoms with Crippen molar-refractivity contribution < 1.29 is 17.9 Å². The highest BCUT2D eigenvalue weighted by Gasteiger charge is 2.16. The molecule has 0 unspecified atom stereocenters. The number of benzene rings is 1. The van der Waals surface area contributed by atoms with Crippen molar-refractivity contribution >= 4 is 42.9 Å². The lowest BCUT2D eigenvalue weighted by Gasteiger charge is -2.11. The van der Waals surface area contributed by atoms with Crippen LogP contribution in [-0.4, -0.2) is 28.2 Å². The van der Waals surface area contributed by atoms with E-state index in [1.54, 1.807) is 0 Å². The molecule has 0 spiro atoms. The monoisotopic (exact) mass is 346 g/mol. The molecule has 1 aromatic rings. The molecule has 0 saturated carbocycles. The molecule has 0 aromatic heterocycles. The normalized spacial score (nSPS) is 11.6. The largest absolute Gasteiger partial charge is 0.490 e. The van der Waals surface area contributed by atoms with Crippen LogP contribution in [0.15, 0.2) is 17.0 Å². The molecule has 0 radical (unpaired) electrons. The molecule has 0 N–H and O–H groups in total. The molecule has 0 heterocycles. The average molecular weight is 348 g/mol. The lowest BCUT2D eigenvalue weighted by Crippen LogP contribution is -2.04. The van der Waals surface area contributed by atoms with Gasteiger partial charge in [-0.15, -0.1) is 0 Å². The van der Waals surface area contributed by atoms with E-state index in [0.29, 0.717) is 26.2 Å². The van der Waals surface area contributed by atoms with Crippen LogP contribution in [0.5, 0.6) is 5.75 Å². The zero-order valence-electron chi connectivity index (χ0n) is 10.2. The predicted octanol–water partition coefficient (Wildman–Crippen LogP) is 3.73. The minimum Gasteiger partial charge on any atom is -0.490 e. The molecule has 8 heteroatoms. The Hall–Kier alpha value is -0.200. The van der Waals surface area contributed by atoms with Gasteiger partial charge in [0.2, 0.25) is 0 Å². The van der Waals surface area contributed by atoms with Crippen molar-refractivity contribution in [3.8, 4) is 5.75 Å². The Morgan fingerprint density at radius 1 is 1.16 bits per heavy atom. The minimum absolute atomic E-state index is 0.100. The Bertz CT molecular complexity index is 508. The van der Waals surface area contributed by atoms with Gasteiger partial charge < -0.3 is 9.47 Å². The van der Waals surface area contributed by atoms with Crippen molar-refractivity contribution in [2.45, 2.75) is 18.2 Å². The third kappa shape index (κ3) is 5.36. The second-order valence-corrected chi connectivity index (χ2v) is 6.93. The zero-order chi connectivity index (χ0) is 14.5. The first-order chi connectivity index (χ1) is 8.86. The fourth-order valence-electron chi connectivity index (χ4n) is 1.29. The Labute approximate surface area is 127 Å². The second-order valence-electron chi connectivity index (χ2n) is 3.55. The summed E-state index contributed by atoms with van der Waals surface area (Å²) >= 11 is 11.8. The van der Waals surface area contributed by atoms with Crippen LogP contribution in [-0.2, 0) is 13.8 Å². The van der Waals surface area contributed by atoms with Gasteiger partial charge in [0, 0.05) is 30.3 Å². The van der Waals surface area contributed by atoms with Crippen LogP contribution < -0.4 is 4.74 Å². The van der Waals surface area contributed by atoms with E-state index in [0.717, 1.165) is 0 Å². The van der Waals surface area contributed by atoms with E-state index >= 15 is 0 Å². The molecule has 0 fully saturated rings. The van der Waals surface area contributed by atoms with Gasteiger partial charge >= 0.3 is 0 Å². The van der Waals surface area contributed by atoms with E-state index in [1.165, 1.54) is 12.1 Å². The highest BCUT2D eigenvalue weighted by atomic mass is 35.7. The number of hydrogen-bond acceptors (Lipinski definition) is 4. The van der Waals surface area contributed by atoms with E-state index in [2.05, 4.69) is 0 Å². The first kappa shape index (κ1) is 16.9. The lowest BCUT2D eigenvalue weighted by atomic mass is 10.3. The maximum absolute atomic E-state index is 11.2. The van der Waals surface area contributed by atoms with E-state index < -0.39 is 9.05 Å². The maximum Gasteiger partial charge on any atom is 0.261 e. The summed E-state index contributed by atoms with van der Waals surface area (Å²) in [7, 11) is 1.34. The zero-order valence-corrected chi connectivity index (χ0v) is 13.2. The molecule has 0 aliphatic heterocycles. The van der Waals surface area contributed by atoms with Gasteiger partial charge in [-0.2, -0.15) is 0 Å². The fourth-order valence-corrected chi connectivity index (χ4v) is 2.80. The third-order valence-corrected chi connectivity index (χ3v) is 4.03. The summed E-state index contributed by atoms with van der Waals surface area (Å²) in [4.78, 5) is -0.161. The van der Waals surface area contributed by atoms with Gasteiger partial charge in [-0.1, -0.05) is 23.2 Å². The van der Waals surface area contributed by atoms with Gasteiger partial charge in [0.1, 0.15) is 0 Å². The van der Waals surface area contributed by atoms with Gasteiger partial charge in [0.15, 0.2) is 5.75 Å². The summed E-state index contributed by atoms with van der Waals surface area (Å²) in [6.45, 7) is 3.48. The Balaban J connectivity index is 2.75. The Morgan fingerprint density at radius 3 is 2.21 bits per heavy atom. The van der Waals surface area contributed by atoms with Crippen molar-refractivity contribution in [1.82, 2.24) is 0 Å². The second kappa shape index (κ2) is 7.55. The molecule has 4 nitrogen and oxygen atoms in total. The van der Waals surface area contributed by atoms with E-state index in [9.17, 15) is 8.42 Å². The van der Waals surface area contributed by atoms with Gasteiger partial charge in [0.25, 0.3) is 9.05 Å². The summed E-state index contributed by atoms with van der Waals surface area (Å²) < 4.78 is 32.9. The van der Waals surface area contributed by atoms with E-state index in [-0.39, 0.29) is 20.7 Å². The molecule has 0 atom stereocenters. The summed E-state index contributed by atoms with van der Waals surface area (Å²) in [6.07, 6.45) is 0.677. The molecule has 0 aliphatic rings. The van der Waals surface area contributed by atoms with Crippen molar-refractivity contribution in [3.05, 3.63) is 22.2 Å². The van der Waals surface area contributed by atoms with Crippen molar-refractivity contribution in [2.75, 3.05) is 19.8 Å². The molecular weight excluding hydrogens is 335 g/mol. The first-order valence-electron chi connectivity index (χ1n) is 5.50. The minimum atomic E-state index is -3.87. The van der Waals surface area contributed by atoms with E-state index in [1.807, 2.05) is 6.92 Å². The van der Waals surface area contributed by atoms with Crippen LogP contribution in [0.2, 0.25) is 10.0 Å². The van der Waals surface area contributed by atoms with Gasteiger partial charge in [0.05, 0.1) is 21.5 Å². The van der Waals surface area contributed by atoms with Gasteiger partial charge in [-0.3, -0.25) is 0 Å². The molecule has 0 bridgehead atoms. The smallest absolute Gasteiger partial charge is 0.261 e. The summed E-state index contributed by atoms with van der Waals surface area (Å²) in [6, 6.07) is 2.40. The molecule has 0 saturated heterocycles. The Morgan fingerprint density at radius 2 is 1.74 bits per heavy atom. The molecule has 0 aliphatic carbocycles. The third-order valence-electron chi connectivity index (χ3n) is 2.14. The van der Waals surface area contributed by atoms with Crippen LogP contribution in [0.4, 0.5) is 0 Å². The topological polar surface area (TPSA) is 52.6 Å². The van der Waals surface area contributed by atoms with Crippen molar-refractivity contribution in [1.29, 1.82) is 0 Å². The lowest BCUT2D eigenvalue weighted by molar-refractivity contribution is 0.131. The highest BCUT2D eigenvalue weighted by molar-refractivity contribution is 8.13. The SMILES string of the molecule is CCOCCCOc1c(Cl)cc(S(=O)(=O)Cl)cc1Cl. The van der Waals surface area contributed by atoms with Crippen molar-refractivity contribution in [3.63, 3.8) is 0 Å². The maximum atomic E-state index is 11.2. The molecule has 0 amide bonds. The Kier molecular flexibility index (Phi) is 6.69. The standard InChI is InChI=1S/C11H13Cl3O4S/c1-2-17-4-3-5-18-11-9(12)6-8(7-10(11)13)19(14,15)16/h6-7H,2-5H2,1H3. The number of rotatable bonds is 7. The van der Waals surface area contributed by atoms with Crippen LogP contribution in [0, 0.1) is 0 Å². The quantitative estimate of drug-likeness (QED) is 0.557. The molecule has 1 aromatic carbocycles. The summed E-state index contributed by atoms with van der Waals surface area (Å²) in [5, 5.41) is 0.200. The molecular formula is C11H13Cl3O4S. The van der Waals surface area contributed by atoms with Crippen LogP contribution in [0.25, 0.3) is 0 Å². The van der Waals surface area contributed by atoms with Gasteiger partial charge in [-0.25, -0.2) is 8.42 Å². The molecule has 1 rings (SSSR count). The van der Waals surface area contributed by atoms with E-state index in [4.69, 9.17) is 43.4 Å². The van der Waals surface area contributed by atoms with Crippen LogP contribution in [0.3, 0.4) is 0 Å². The summed E-state index contributed by atoms with van der Waals surface area (Å²) in [5.41, 5.74) is 0. The number of ether oxygens (including phenoxy) is 2. The first-order valence-corrected chi connectivity index (χ1v) is 8.57. The number of halogens is 3.